The summed E-state index contributed by atoms with van der Waals surface area (Å²) >= 11 is 0. The number of amides is 1. The molecule has 3 nitrogen and oxygen atoms in total. The SMILES string of the molecule is Cc1cc(O)ccc1C(=O)NCc1ccccc1. The third-order valence-electron chi connectivity index (χ3n) is 2.75. The molecule has 92 valence electrons. The van der Waals surface area contributed by atoms with Crippen molar-refractivity contribution < 1.29 is 9.90 Å². The Hall–Kier alpha value is -2.29. The Balaban J connectivity index is 2.04. The Labute approximate surface area is 106 Å². The summed E-state index contributed by atoms with van der Waals surface area (Å²) in [6, 6.07) is 14.5. The maximum Gasteiger partial charge on any atom is 0.251 e. The van der Waals surface area contributed by atoms with Gasteiger partial charge in [0.2, 0.25) is 0 Å². The molecule has 0 bridgehead atoms. The van der Waals surface area contributed by atoms with Crippen LogP contribution in [0.4, 0.5) is 0 Å². The van der Waals surface area contributed by atoms with Crippen LogP contribution in [0, 0.1) is 6.92 Å². The lowest BCUT2D eigenvalue weighted by atomic mass is 10.1. The van der Waals surface area contributed by atoms with Crippen LogP contribution in [-0.2, 0) is 6.54 Å². The van der Waals surface area contributed by atoms with Crippen molar-refractivity contribution in [1.29, 1.82) is 0 Å². The predicted octanol–water partition coefficient (Wildman–Crippen LogP) is 2.63. The van der Waals surface area contributed by atoms with Crippen LogP contribution in [0.25, 0.3) is 0 Å². The number of phenolic OH excluding ortho intramolecular Hbond substituents is 1. The van der Waals surface area contributed by atoms with Crippen molar-refractivity contribution in [2.24, 2.45) is 0 Å². The first-order valence-electron chi connectivity index (χ1n) is 5.78. The fraction of sp³-hybridized carbons (Fsp3) is 0.133. The van der Waals surface area contributed by atoms with Crippen molar-refractivity contribution >= 4 is 5.91 Å². The van der Waals surface area contributed by atoms with E-state index >= 15 is 0 Å². The second-order valence-corrected chi connectivity index (χ2v) is 4.17. The number of hydrogen-bond acceptors (Lipinski definition) is 2. The maximum absolute atomic E-state index is 12.0. The largest absolute Gasteiger partial charge is 0.508 e. The molecule has 2 rings (SSSR count). The van der Waals surface area contributed by atoms with Gasteiger partial charge in [0.05, 0.1) is 0 Å². The van der Waals surface area contributed by atoms with Gasteiger partial charge in [0.25, 0.3) is 5.91 Å². The second-order valence-electron chi connectivity index (χ2n) is 4.17. The lowest BCUT2D eigenvalue weighted by Gasteiger charge is -2.08. The Bertz CT molecular complexity index is 550. The molecule has 2 N–H and O–H groups in total. The molecule has 0 unspecified atom stereocenters. The number of rotatable bonds is 3. The molecule has 0 aliphatic carbocycles. The van der Waals surface area contributed by atoms with E-state index in [1.54, 1.807) is 19.1 Å². The monoisotopic (exact) mass is 241 g/mol. The van der Waals surface area contributed by atoms with E-state index in [1.807, 2.05) is 30.3 Å². The van der Waals surface area contributed by atoms with E-state index in [0.717, 1.165) is 11.1 Å². The van der Waals surface area contributed by atoms with E-state index in [2.05, 4.69) is 5.32 Å². The molecule has 0 aliphatic heterocycles. The molecule has 0 atom stereocenters. The first-order chi connectivity index (χ1) is 8.66. The number of aryl methyl sites for hydroxylation is 1. The highest BCUT2D eigenvalue weighted by atomic mass is 16.3. The van der Waals surface area contributed by atoms with Crippen LogP contribution in [0.3, 0.4) is 0 Å². The highest BCUT2D eigenvalue weighted by molar-refractivity contribution is 5.95. The van der Waals surface area contributed by atoms with Crippen LogP contribution >= 0.6 is 0 Å². The Morgan fingerprint density at radius 3 is 2.56 bits per heavy atom. The average molecular weight is 241 g/mol. The standard InChI is InChI=1S/C15H15NO2/c1-11-9-13(17)7-8-14(11)15(18)16-10-12-5-3-2-4-6-12/h2-9,17H,10H2,1H3,(H,16,18). The molecule has 3 heteroatoms. The van der Waals surface area contributed by atoms with Crippen LogP contribution in [0.2, 0.25) is 0 Å². The zero-order chi connectivity index (χ0) is 13.0. The number of carbonyl (C=O) groups excluding carboxylic acids is 1. The first kappa shape index (κ1) is 12.2. The topological polar surface area (TPSA) is 49.3 Å². The van der Waals surface area contributed by atoms with Gasteiger partial charge in [-0.15, -0.1) is 0 Å². The van der Waals surface area contributed by atoms with E-state index in [9.17, 15) is 9.90 Å². The quantitative estimate of drug-likeness (QED) is 0.867. The van der Waals surface area contributed by atoms with E-state index in [1.165, 1.54) is 6.07 Å². The van der Waals surface area contributed by atoms with Crippen LogP contribution in [0.1, 0.15) is 21.5 Å². The van der Waals surface area contributed by atoms with Gasteiger partial charge in [-0.3, -0.25) is 4.79 Å². The fourth-order valence-electron chi connectivity index (χ4n) is 1.78. The molecule has 0 aliphatic rings. The van der Waals surface area contributed by atoms with Gasteiger partial charge >= 0.3 is 0 Å². The van der Waals surface area contributed by atoms with E-state index in [4.69, 9.17) is 0 Å². The third kappa shape index (κ3) is 2.88. The van der Waals surface area contributed by atoms with Gasteiger partial charge in [-0.2, -0.15) is 0 Å². The summed E-state index contributed by atoms with van der Waals surface area (Å²) in [4.78, 5) is 12.0. The first-order valence-corrected chi connectivity index (χ1v) is 5.78. The normalized spacial score (nSPS) is 10.1. The van der Waals surface area contributed by atoms with Crippen molar-refractivity contribution in [1.82, 2.24) is 5.32 Å². The van der Waals surface area contributed by atoms with Crippen molar-refractivity contribution in [2.75, 3.05) is 0 Å². The van der Waals surface area contributed by atoms with E-state index < -0.39 is 0 Å². The predicted molar refractivity (Wildman–Crippen MR) is 70.5 cm³/mol. The number of aromatic hydroxyl groups is 1. The van der Waals surface area contributed by atoms with Crippen molar-refractivity contribution in [3.05, 3.63) is 65.2 Å². The van der Waals surface area contributed by atoms with Crippen molar-refractivity contribution in [2.45, 2.75) is 13.5 Å². The molecular weight excluding hydrogens is 226 g/mol. The van der Waals surface area contributed by atoms with Gasteiger partial charge in [0.15, 0.2) is 0 Å². The van der Waals surface area contributed by atoms with Crippen LogP contribution < -0.4 is 5.32 Å². The van der Waals surface area contributed by atoms with Gasteiger partial charge in [0.1, 0.15) is 5.75 Å². The number of hydrogen-bond donors (Lipinski definition) is 2. The molecule has 2 aromatic carbocycles. The van der Waals surface area contributed by atoms with Gasteiger partial charge in [-0.05, 0) is 36.2 Å². The maximum atomic E-state index is 12.0. The van der Waals surface area contributed by atoms with Crippen molar-refractivity contribution in [3.8, 4) is 5.75 Å². The molecule has 0 spiro atoms. The summed E-state index contributed by atoms with van der Waals surface area (Å²) in [6.45, 7) is 2.30. The molecule has 0 fully saturated rings. The highest BCUT2D eigenvalue weighted by Gasteiger charge is 2.08. The van der Waals surface area contributed by atoms with Gasteiger partial charge in [-0.1, -0.05) is 30.3 Å². The minimum atomic E-state index is -0.128. The summed E-state index contributed by atoms with van der Waals surface area (Å²) in [7, 11) is 0. The van der Waals surface area contributed by atoms with Gasteiger partial charge in [-0.25, -0.2) is 0 Å². The summed E-state index contributed by atoms with van der Waals surface area (Å²) in [5.74, 6) is 0.0449. The van der Waals surface area contributed by atoms with Gasteiger partial charge in [0, 0.05) is 12.1 Å². The zero-order valence-electron chi connectivity index (χ0n) is 10.2. The van der Waals surface area contributed by atoms with Crippen molar-refractivity contribution in [3.63, 3.8) is 0 Å². The number of carbonyl (C=O) groups is 1. The molecule has 2 aromatic rings. The molecule has 0 saturated heterocycles. The number of nitrogens with one attached hydrogen (secondary N) is 1. The molecule has 0 aromatic heterocycles. The Kier molecular flexibility index (Phi) is 3.63. The summed E-state index contributed by atoms with van der Waals surface area (Å²) in [5, 5.41) is 12.2. The molecule has 0 heterocycles. The van der Waals surface area contributed by atoms with Crippen LogP contribution in [0.15, 0.2) is 48.5 Å². The summed E-state index contributed by atoms with van der Waals surface area (Å²) in [5.41, 5.74) is 2.41. The lowest BCUT2D eigenvalue weighted by molar-refractivity contribution is 0.0950. The van der Waals surface area contributed by atoms with Gasteiger partial charge < -0.3 is 10.4 Å². The van der Waals surface area contributed by atoms with E-state index in [0.29, 0.717) is 12.1 Å². The Morgan fingerprint density at radius 1 is 1.17 bits per heavy atom. The minimum Gasteiger partial charge on any atom is -0.508 e. The molecule has 0 radical (unpaired) electrons. The number of benzene rings is 2. The average Bonchev–Trinajstić information content (AvgIpc) is 2.37. The summed E-state index contributed by atoms with van der Waals surface area (Å²) in [6.07, 6.45) is 0. The second kappa shape index (κ2) is 5.36. The lowest BCUT2D eigenvalue weighted by Crippen LogP contribution is -2.23. The molecule has 1 amide bonds. The number of phenols is 1. The van der Waals surface area contributed by atoms with Crippen LogP contribution in [-0.4, -0.2) is 11.0 Å². The molecule has 18 heavy (non-hydrogen) atoms. The smallest absolute Gasteiger partial charge is 0.251 e. The Morgan fingerprint density at radius 2 is 1.89 bits per heavy atom. The minimum absolute atomic E-state index is 0.128. The highest BCUT2D eigenvalue weighted by Crippen LogP contribution is 2.15. The van der Waals surface area contributed by atoms with E-state index in [-0.39, 0.29) is 11.7 Å². The zero-order valence-corrected chi connectivity index (χ0v) is 10.2. The molecule has 0 saturated carbocycles. The fourth-order valence-corrected chi connectivity index (χ4v) is 1.78. The van der Waals surface area contributed by atoms with Crippen LogP contribution in [0.5, 0.6) is 5.75 Å². The molecular formula is C15H15NO2. The third-order valence-corrected chi connectivity index (χ3v) is 2.75. The summed E-state index contributed by atoms with van der Waals surface area (Å²) < 4.78 is 0.